The quantitative estimate of drug-likeness (QED) is 0.824. The van der Waals surface area contributed by atoms with Crippen molar-refractivity contribution < 1.29 is 18.4 Å². The van der Waals surface area contributed by atoms with Crippen molar-refractivity contribution in [2.75, 3.05) is 7.05 Å². The first-order chi connectivity index (χ1) is 13.3. The fourth-order valence-electron chi connectivity index (χ4n) is 3.48. The van der Waals surface area contributed by atoms with Crippen molar-refractivity contribution in [2.24, 2.45) is 5.92 Å². The van der Waals surface area contributed by atoms with Gasteiger partial charge in [-0.3, -0.25) is 9.59 Å². The number of hydrogen-bond donors (Lipinski definition) is 2. The van der Waals surface area contributed by atoms with Crippen LogP contribution in [0.3, 0.4) is 0 Å². The molecule has 0 aliphatic carbocycles. The Kier molecular flexibility index (Phi) is 5.76. The molecule has 6 nitrogen and oxygen atoms in total. The number of hydrogen-bond acceptors (Lipinski definition) is 3. The van der Waals surface area contributed by atoms with Crippen molar-refractivity contribution in [1.29, 1.82) is 0 Å². The molecule has 0 bridgehead atoms. The van der Waals surface area contributed by atoms with Crippen molar-refractivity contribution in [1.82, 2.24) is 20.2 Å². The van der Waals surface area contributed by atoms with Gasteiger partial charge in [0.15, 0.2) is 11.6 Å². The first-order valence-electron chi connectivity index (χ1n) is 9.40. The van der Waals surface area contributed by atoms with Gasteiger partial charge in [0.1, 0.15) is 17.6 Å². The molecule has 0 saturated carbocycles. The van der Waals surface area contributed by atoms with Gasteiger partial charge in [0.2, 0.25) is 5.91 Å². The number of rotatable bonds is 5. The van der Waals surface area contributed by atoms with Gasteiger partial charge in [-0.1, -0.05) is 13.8 Å². The molecule has 0 unspecified atom stereocenters. The van der Waals surface area contributed by atoms with Crippen molar-refractivity contribution in [3.63, 3.8) is 0 Å². The van der Waals surface area contributed by atoms with Crippen molar-refractivity contribution >= 4 is 11.8 Å². The van der Waals surface area contributed by atoms with E-state index in [1.165, 1.54) is 13.1 Å². The van der Waals surface area contributed by atoms with E-state index < -0.39 is 23.6 Å². The minimum atomic E-state index is -0.962. The molecule has 1 aliphatic rings. The molecule has 1 atom stereocenters. The summed E-state index contributed by atoms with van der Waals surface area (Å²) in [4.78, 5) is 29.5. The zero-order chi connectivity index (χ0) is 20.4. The molecular formula is C20H24F2N4O2. The average Bonchev–Trinajstić information content (AvgIpc) is 3.07. The summed E-state index contributed by atoms with van der Waals surface area (Å²) in [5.41, 5.74) is 1.39. The number of halogens is 2. The Bertz CT molecular complexity index is 908. The predicted octanol–water partition coefficient (Wildman–Crippen LogP) is 2.67. The molecule has 2 aromatic rings. The van der Waals surface area contributed by atoms with Crippen LogP contribution < -0.4 is 10.6 Å². The van der Waals surface area contributed by atoms with Crippen LogP contribution in [0.1, 0.15) is 42.9 Å². The minimum Gasteiger partial charge on any atom is -0.357 e. The van der Waals surface area contributed by atoms with Crippen molar-refractivity contribution in [3.05, 3.63) is 41.2 Å². The maximum atomic E-state index is 13.7. The second-order valence-electron chi connectivity index (χ2n) is 7.28. The van der Waals surface area contributed by atoms with Crippen LogP contribution in [-0.4, -0.2) is 34.5 Å². The third kappa shape index (κ3) is 3.76. The van der Waals surface area contributed by atoms with Gasteiger partial charge < -0.3 is 15.2 Å². The van der Waals surface area contributed by atoms with E-state index in [1.54, 1.807) is 0 Å². The first kappa shape index (κ1) is 20.0. The van der Waals surface area contributed by atoms with E-state index in [9.17, 15) is 18.4 Å². The van der Waals surface area contributed by atoms with Gasteiger partial charge in [0.05, 0.1) is 5.69 Å². The summed E-state index contributed by atoms with van der Waals surface area (Å²) >= 11 is 0. The van der Waals surface area contributed by atoms with E-state index in [1.807, 2.05) is 18.4 Å². The highest BCUT2D eigenvalue weighted by Crippen LogP contribution is 2.28. The number of benzene rings is 1. The van der Waals surface area contributed by atoms with Crippen molar-refractivity contribution in [3.8, 4) is 11.4 Å². The number of carbonyl (C=O) groups excluding carboxylic acids is 2. The Morgan fingerprint density at radius 2 is 1.93 bits per heavy atom. The zero-order valence-electron chi connectivity index (χ0n) is 16.2. The maximum Gasteiger partial charge on any atom is 0.272 e. The molecule has 1 aliphatic heterocycles. The summed E-state index contributed by atoms with van der Waals surface area (Å²) in [5, 5.41) is 5.31. The van der Waals surface area contributed by atoms with Crippen LogP contribution in [0.2, 0.25) is 0 Å². The molecule has 2 amide bonds. The summed E-state index contributed by atoms with van der Waals surface area (Å²) in [6, 6.07) is 2.90. The summed E-state index contributed by atoms with van der Waals surface area (Å²) < 4.78 is 28.9. The molecule has 28 heavy (non-hydrogen) atoms. The normalized spacial score (nSPS) is 14.5. The Morgan fingerprint density at radius 1 is 1.18 bits per heavy atom. The maximum absolute atomic E-state index is 13.7. The second kappa shape index (κ2) is 8.08. The number of imidazole rings is 1. The standard InChI is InChI=1S/C20H24F2N4O2/c1-11(2)16(19(27)23-3)25-20(28)17-15-6-4-5-9-26(15)18(24-17)12-7-8-13(21)14(22)10-12/h7-8,10-11,16H,4-6,9H2,1-3H3,(H,23,27)(H,25,28)/t16-/m0/s1. The van der Waals surface area contributed by atoms with E-state index in [0.717, 1.165) is 30.7 Å². The highest BCUT2D eigenvalue weighted by molar-refractivity contribution is 5.97. The molecule has 0 saturated heterocycles. The number of nitrogens with one attached hydrogen (secondary N) is 2. The molecule has 2 N–H and O–H groups in total. The SMILES string of the molecule is CNC(=O)[C@@H](NC(=O)c1nc(-c2ccc(F)c(F)c2)n2c1CCCC2)C(C)C. The molecule has 1 aromatic heterocycles. The second-order valence-corrected chi connectivity index (χ2v) is 7.28. The highest BCUT2D eigenvalue weighted by Gasteiger charge is 2.29. The molecule has 2 heterocycles. The summed E-state index contributed by atoms with van der Waals surface area (Å²) in [7, 11) is 1.52. The highest BCUT2D eigenvalue weighted by atomic mass is 19.2. The van der Waals surface area contributed by atoms with Crippen LogP contribution in [0.15, 0.2) is 18.2 Å². The van der Waals surface area contributed by atoms with Gasteiger partial charge in [-0.2, -0.15) is 0 Å². The minimum absolute atomic E-state index is 0.104. The van der Waals surface area contributed by atoms with E-state index >= 15 is 0 Å². The third-order valence-electron chi connectivity index (χ3n) is 4.99. The number of nitrogens with zero attached hydrogens (tertiary/aromatic N) is 2. The fourth-order valence-corrected chi connectivity index (χ4v) is 3.48. The number of likely N-dealkylation sites (N-methyl/N-ethyl adjacent to an activating group) is 1. The van der Waals surface area contributed by atoms with E-state index in [4.69, 9.17) is 0 Å². The monoisotopic (exact) mass is 390 g/mol. The van der Waals surface area contributed by atoms with Crippen LogP contribution in [0.25, 0.3) is 11.4 Å². The molecule has 1 aromatic carbocycles. The van der Waals surface area contributed by atoms with Crippen LogP contribution in [0.4, 0.5) is 8.78 Å². The molecule has 3 rings (SSSR count). The van der Waals surface area contributed by atoms with Crippen LogP contribution in [-0.2, 0) is 17.8 Å². The third-order valence-corrected chi connectivity index (χ3v) is 4.99. The largest absolute Gasteiger partial charge is 0.357 e. The predicted molar refractivity (Wildman–Crippen MR) is 101 cm³/mol. The Hall–Kier alpha value is -2.77. The number of aromatic nitrogens is 2. The van der Waals surface area contributed by atoms with E-state index in [0.29, 0.717) is 24.4 Å². The number of amides is 2. The van der Waals surface area contributed by atoms with Gasteiger partial charge in [0.25, 0.3) is 5.91 Å². The average molecular weight is 390 g/mol. The lowest BCUT2D eigenvalue weighted by molar-refractivity contribution is -0.123. The van der Waals surface area contributed by atoms with Crippen LogP contribution in [0.5, 0.6) is 0 Å². The Balaban J connectivity index is 1.99. The van der Waals surface area contributed by atoms with Crippen LogP contribution in [0, 0.1) is 17.6 Å². The smallest absolute Gasteiger partial charge is 0.272 e. The van der Waals surface area contributed by atoms with Gasteiger partial charge >= 0.3 is 0 Å². The topological polar surface area (TPSA) is 76.0 Å². The van der Waals surface area contributed by atoms with E-state index in [2.05, 4.69) is 15.6 Å². The summed E-state index contributed by atoms with van der Waals surface area (Å²) in [5.74, 6) is -2.29. The summed E-state index contributed by atoms with van der Waals surface area (Å²) in [6.45, 7) is 4.33. The van der Waals surface area contributed by atoms with Gasteiger partial charge in [0, 0.05) is 19.2 Å². The van der Waals surface area contributed by atoms with Gasteiger partial charge in [-0.15, -0.1) is 0 Å². The molecule has 8 heteroatoms. The van der Waals surface area contributed by atoms with Crippen molar-refractivity contribution in [2.45, 2.75) is 45.7 Å². The number of carbonyl (C=O) groups is 2. The molecule has 0 radical (unpaired) electrons. The fraction of sp³-hybridized carbons (Fsp3) is 0.450. The Labute approximate surface area is 162 Å². The first-order valence-corrected chi connectivity index (χ1v) is 9.40. The molecular weight excluding hydrogens is 366 g/mol. The lowest BCUT2D eigenvalue weighted by Gasteiger charge is -2.21. The number of fused-ring (bicyclic) bond motifs is 1. The molecule has 0 spiro atoms. The lowest BCUT2D eigenvalue weighted by atomic mass is 10.0. The van der Waals surface area contributed by atoms with Gasteiger partial charge in [-0.05, 0) is 43.4 Å². The lowest BCUT2D eigenvalue weighted by Crippen LogP contribution is -2.49. The van der Waals surface area contributed by atoms with Gasteiger partial charge in [-0.25, -0.2) is 13.8 Å². The van der Waals surface area contributed by atoms with Crippen LogP contribution >= 0.6 is 0 Å². The summed E-state index contributed by atoms with van der Waals surface area (Å²) in [6.07, 6.45) is 2.48. The molecule has 150 valence electrons. The Morgan fingerprint density at radius 3 is 2.57 bits per heavy atom. The van der Waals surface area contributed by atoms with E-state index in [-0.39, 0.29) is 17.5 Å². The molecule has 0 fully saturated rings. The zero-order valence-corrected chi connectivity index (χ0v) is 16.2.